The molecule has 0 fully saturated rings. The van der Waals surface area contributed by atoms with Crippen LogP contribution < -0.4 is 14.5 Å². The lowest BCUT2D eigenvalue weighted by Crippen LogP contribution is -2.26. The zero-order chi connectivity index (χ0) is 22.2. The van der Waals surface area contributed by atoms with Gasteiger partial charge in [-0.1, -0.05) is 12.1 Å². The summed E-state index contributed by atoms with van der Waals surface area (Å²) in [6.07, 6.45) is 6.57. The van der Waals surface area contributed by atoms with Gasteiger partial charge in [0.25, 0.3) is 5.91 Å². The predicted octanol–water partition coefficient (Wildman–Crippen LogP) is 3.80. The fourth-order valence-electron chi connectivity index (χ4n) is 4.32. The number of anilines is 3. The van der Waals surface area contributed by atoms with Crippen molar-refractivity contribution in [1.29, 1.82) is 0 Å². The fraction of sp³-hybridized carbons (Fsp3) is 0.200. The Morgan fingerprint density at radius 1 is 1.03 bits per heavy atom. The van der Waals surface area contributed by atoms with Crippen molar-refractivity contribution < 1.29 is 9.52 Å². The van der Waals surface area contributed by atoms with Crippen molar-refractivity contribution in [2.24, 2.45) is 0 Å². The van der Waals surface area contributed by atoms with Crippen LogP contribution >= 0.6 is 0 Å². The summed E-state index contributed by atoms with van der Waals surface area (Å²) in [6.45, 7) is 2.67. The second-order valence-corrected chi connectivity index (χ2v) is 7.85. The largest absolute Gasteiger partial charge is 0.618 e. The molecular formula is C25H23N5O2. The average Bonchev–Trinajstić information content (AvgIpc) is 2.92. The molecule has 0 bridgehead atoms. The second kappa shape index (κ2) is 7.92. The van der Waals surface area contributed by atoms with Gasteiger partial charge in [0.15, 0.2) is 12.0 Å². The highest BCUT2D eigenvalue weighted by Crippen LogP contribution is 2.37. The van der Waals surface area contributed by atoms with E-state index in [-0.39, 0.29) is 5.91 Å². The topological polar surface area (TPSA) is 76.3 Å². The molecule has 7 nitrogen and oxygen atoms in total. The summed E-state index contributed by atoms with van der Waals surface area (Å²) in [5.74, 6) is 1.26. The van der Waals surface area contributed by atoms with Gasteiger partial charge in [0.1, 0.15) is 5.82 Å². The number of carbonyl (C=O) groups excluding carboxylic acids is 1. The van der Waals surface area contributed by atoms with E-state index in [1.165, 1.54) is 0 Å². The lowest BCUT2D eigenvalue weighted by molar-refractivity contribution is -0.577. The molecule has 4 heterocycles. The Kier molecular flexibility index (Phi) is 4.93. The molecule has 0 spiro atoms. The van der Waals surface area contributed by atoms with E-state index in [4.69, 9.17) is 0 Å². The summed E-state index contributed by atoms with van der Waals surface area (Å²) >= 11 is 0. The highest BCUT2D eigenvalue weighted by molar-refractivity contribution is 6.12. The minimum absolute atomic E-state index is 0.0999. The van der Waals surface area contributed by atoms with Crippen LogP contribution in [0.1, 0.15) is 28.4 Å². The smallest absolute Gasteiger partial charge is 0.261 e. The molecule has 0 saturated heterocycles. The van der Waals surface area contributed by atoms with Crippen LogP contribution in [0.15, 0.2) is 67.1 Å². The molecule has 4 aromatic rings. The number of amides is 1. The third-order valence-corrected chi connectivity index (χ3v) is 5.99. The van der Waals surface area contributed by atoms with Gasteiger partial charge in [-0.15, -0.1) is 0 Å². The number of rotatable bonds is 4. The van der Waals surface area contributed by atoms with E-state index in [9.17, 15) is 10.0 Å². The van der Waals surface area contributed by atoms with Crippen LogP contribution in [0.4, 0.5) is 17.3 Å². The predicted molar refractivity (Wildman–Crippen MR) is 124 cm³/mol. The summed E-state index contributed by atoms with van der Waals surface area (Å²) in [5, 5.41) is 13.0. The normalized spacial score (nSPS) is 13.1. The Morgan fingerprint density at radius 3 is 2.72 bits per heavy atom. The van der Waals surface area contributed by atoms with Gasteiger partial charge >= 0.3 is 0 Å². The summed E-state index contributed by atoms with van der Waals surface area (Å²) in [5.41, 5.74) is 4.06. The minimum atomic E-state index is -0.0999. The first-order valence-corrected chi connectivity index (χ1v) is 10.7. The van der Waals surface area contributed by atoms with Gasteiger partial charge in [0.05, 0.1) is 16.6 Å². The first-order chi connectivity index (χ1) is 15.6. The lowest BCUT2D eigenvalue weighted by Gasteiger charge is -2.22. The Hall–Kier alpha value is -4.00. The van der Waals surface area contributed by atoms with Gasteiger partial charge in [0.2, 0.25) is 5.52 Å². The van der Waals surface area contributed by atoms with Gasteiger partial charge in [-0.2, -0.15) is 4.73 Å². The van der Waals surface area contributed by atoms with Crippen molar-refractivity contribution >= 4 is 34.1 Å². The van der Waals surface area contributed by atoms with Crippen LogP contribution in [-0.4, -0.2) is 29.5 Å². The maximum absolute atomic E-state index is 13.3. The van der Waals surface area contributed by atoms with E-state index in [1.807, 2.05) is 66.6 Å². The Morgan fingerprint density at radius 2 is 1.88 bits per heavy atom. The van der Waals surface area contributed by atoms with Crippen molar-refractivity contribution in [3.05, 3.63) is 89.0 Å². The number of para-hydroxylation sites is 1. The van der Waals surface area contributed by atoms with Gasteiger partial charge in [0, 0.05) is 38.1 Å². The number of carbonyl (C=O) groups is 1. The van der Waals surface area contributed by atoms with Crippen LogP contribution in [0.25, 0.3) is 10.9 Å². The number of hydrogen-bond acceptors (Lipinski definition) is 5. The molecule has 1 amide bonds. The second-order valence-electron chi connectivity index (χ2n) is 7.85. The van der Waals surface area contributed by atoms with Crippen LogP contribution in [0.3, 0.4) is 0 Å². The summed E-state index contributed by atoms with van der Waals surface area (Å²) in [6, 6.07) is 15.1. The Bertz CT molecular complexity index is 1340. The number of aryl methyl sites for hydroxylation is 2. The van der Waals surface area contributed by atoms with Crippen molar-refractivity contribution in [3.63, 3.8) is 0 Å². The SMILES string of the molecule is CCN1c2ncc(CCc3cc[n+]([O-])c4ccccc34)cc2C(=O)N(C)c2cccnc21. The molecule has 5 rings (SSSR count). The van der Waals surface area contributed by atoms with Crippen molar-refractivity contribution in [3.8, 4) is 0 Å². The summed E-state index contributed by atoms with van der Waals surface area (Å²) < 4.78 is 0.891. The quantitative estimate of drug-likeness (QED) is 0.367. The first-order valence-electron chi connectivity index (χ1n) is 10.7. The van der Waals surface area contributed by atoms with Crippen LogP contribution in [-0.2, 0) is 12.8 Å². The number of hydrogen-bond donors (Lipinski definition) is 0. The van der Waals surface area contributed by atoms with Gasteiger partial charge in [-0.05, 0) is 55.2 Å². The molecule has 1 aliphatic rings. The number of nitrogens with zero attached hydrogens (tertiary/aromatic N) is 5. The number of fused-ring (bicyclic) bond motifs is 3. The van der Waals surface area contributed by atoms with Crippen LogP contribution in [0.2, 0.25) is 0 Å². The highest BCUT2D eigenvalue weighted by atomic mass is 16.5. The van der Waals surface area contributed by atoms with Gasteiger partial charge in [-0.25, -0.2) is 9.97 Å². The average molecular weight is 425 g/mol. The van der Waals surface area contributed by atoms with Gasteiger partial charge < -0.3 is 15.0 Å². The highest BCUT2D eigenvalue weighted by Gasteiger charge is 2.30. The lowest BCUT2D eigenvalue weighted by atomic mass is 10.0. The summed E-state index contributed by atoms with van der Waals surface area (Å²) in [4.78, 5) is 26.1. The molecule has 0 aliphatic carbocycles. The fourth-order valence-corrected chi connectivity index (χ4v) is 4.32. The Labute approximate surface area is 186 Å². The molecule has 3 aromatic heterocycles. The Balaban J connectivity index is 1.50. The standard InChI is InChI=1S/C25H23N5O2/c1-3-29-23-20(25(31)28(2)22-9-6-13-26-24(22)29)15-17(16-27-23)10-11-18-12-14-30(32)21-8-5-4-7-19(18)21/h4-9,12-16H,3,10-11H2,1-2H3. The molecule has 0 unspecified atom stereocenters. The molecule has 32 heavy (non-hydrogen) atoms. The molecule has 0 saturated carbocycles. The molecule has 0 radical (unpaired) electrons. The van der Waals surface area contributed by atoms with E-state index >= 15 is 0 Å². The molecular weight excluding hydrogens is 402 g/mol. The third kappa shape index (κ3) is 3.22. The number of benzene rings is 1. The van der Waals surface area contributed by atoms with E-state index in [0.717, 1.165) is 39.2 Å². The van der Waals surface area contributed by atoms with Crippen molar-refractivity contribution in [2.45, 2.75) is 19.8 Å². The maximum atomic E-state index is 13.3. The van der Waals surface area contributed by atoms with E-state index in [1.54, 1.807) is 24.3 Å². The number of aromatic nitrogens is 3. The van der Waals surface area contributed by atoms with Crippen molar-refractivity contribution in [2.75, 3.05) is 23.4 Å². The molecule has 1 aromatic carbocycles. The zero-order valence-electron chi connectivity index (χ0n) is 18.0. The van der Waals surface area contributed by atoms with E-state index in [0.29, 0.717) is 29.9 Å². The molecule has 7 heteroatoms. The summed E-state index contributed by atoms with van der Waals surface area (Å²) in [7, 11) is 1.77. The molecule has 1 aliphatic heterocycles. The van der Waals surface area contributed by atoms with Gasteiger partial charge in [-0.3, -0.25) is 4.79 Å². The maximum Gasteiger partial charge on any atom is 0.261 e. The number of pyridine rings is 3. The van der Waals surface area contributed by atoms with E-state index < -0.39 is 0 Å². The monoisotopic (exact) mass is 425 g/mol. The van der Waals surface area contributed by atoms with E-state index in [2.05, 4.69) is 9.97 Å². The van der Waals surface area contributed by atoms with Crippen LogP contribution in [0, 0.1) is 5.21 Å². The molecule has 0 atom stereocenters. The van der Waals surface area contributed by atoms with Crippen molar-refractivity contribution in [1.82, 2.24) is 9.97 Å². The minimum Gasteiger partial charge on any atom is -0.618 e. The molecule has 0 N–H and O–H groups in total. The zero-order valence-corrected chi connectivity index (χ0v) is 18.0. The first kappa shape index (κ1) is 19.9. The molecule has 160 valence electrons. The third-order valence-electron chi connectivity index (χ3n) is 5.99. The van der Waals surface area contributed by atoms with Crippen LogP contribution in [0.5, 0.6) is 0 Å².